The van der Waals surface area contributed by atoms with Gasteiger partial charge in [-0.25, -0.2) is 8.42 Å². The standard InChI is InChI=1S/C32H36ClN5O3S/c1-23-20-30(24(2)19-28(23)33)42(40,41)35-26-4-3-25-7-14-38(29(25)21-26)22-31(39)37-17-10-32(11-18-37)8-15-36(16-9-32)27-5-12-34-13-6-27/h3-7,12-14,19-21,35H,8-11,15-18,22H2,1-2H3. The van der Waals surface area contributed by atoms with Gasteiger partial charge in [0.2, 0.25) is 5.91 Å². The number of likely N-dealkylation sites (tertiary alicyclic amines) is 1. The second-order valence-corrected chi connectivity index (χ2v) is 13.8. The van der Waals surface area contributed by atoms with Crippen molar-refractivity contribution < 1.29 is 13.2 Å². The first kappa shape index (κ1) is 28.6. The van der Waals surface area contributed by atoms with E-state index in [0.717, 1.165) is 62.8 Å². The molecule has 0 aliphatic carbocycles. The number of carbonyl (C=O) groups excluding carboxylic acids is 1. The summed E-state index contributed by atoms with van der Waals surface area (Å²) in [4.78, 5) is 22.1. The third kappa shape index (κ3) is 5.72. The normalized spacial score (nSPS) is 17.1. The molecule has 2 aliphatic rings. The molecule has 2 fully saturated rings. The Balaban J connectivity index is 1.10. The van der Waals surface area contributed by atoms with Crippen LogP contribution in [0.3, 0.4) is 0 Å². The highest BCUT2D eigenvalue weighted by atomic mass is 35.5. The van der Waals surface area contributed by atoms with Gasteiger partial charge in [0.25, 0.3) is 10.0 Å². The quantitative estimate of drug-likeness (QED) is 0.291. The number of nitrogens with one attached hydrogen (secondary N) is 1. The summed E-state index contributed by atoms with van der Waals surface area (Å²) >= 11 is 6.18. The van der Waals surface area contributed by atoms with Crippen molar-refractivity contribution >= 4 is 49.8 Å². The number of nitrogens with zero attached hydrogens (tertiary/aromatic N) is 4. The largest absolute Gasteiger partial charge is 0.371 e. The van der Waals surface area contributed by atoms with E-state index in [9.17, 15) is 13.2 Å². The van der Waals surface area contributed by atoms with Crippen molar-refractivity contribution in [2.75, 3.05) is 35.8 Å². The predicted molar refractivity (Wildman–Crippen MR) is 168 cm³/mol. The van der Waals surface area contributed by atoms with Crippen molar-refractivity contribution in [1.29, 1.82) is 0 Å². The fourth-order valence-electron chi connectivity index (χ4n) is 6.41. The van der Waals surface area contributed by atoms with Gasteiger partial charge in [0.15, 0.2) is 0 Å². The second-order valence-electron chi connectivity index (χ2n) is 11.8. The van der Waals surface area contributed by atoms with Gasteiger partial charge in [-0.15, -0.1) is 0 Å². The number of amides is 1. The first-order chi connectivity index (χ1) is 20.1. The molecule has 1 amide bonds. The van der Waals surface area contributed by atoms with Crippen molar-refractivity contribution in [3.05, 3.63) is 83.3 Å². The first-order valence-electron chi connectivity index (χ1n) is 14.4. The van der Waals surface area contributed by atoms with Gasteiger partial charge in [0.05, 0.1) is 16.1 Å². The summed E-state index contributed by atoms with van der Waals surface area (Å²) in [5.74, 6) is 0.0924. The van der Waals surface area contributed by atoms with E-state index in [1.807, 2.05) is 40.2 Å². The third-order valence-corrected chi connectivity index (χ3v) is 11.0. The Morgan fingerprint density at radius 1 is 0.929 bits per heavy atom. The van der Waals surface area contributed by atoms with Crippen molar-refractivity contribution in [1.82, 2.24) is 14.5 Å². The number of rotatable bonds is 6. The zero-order valence-corrected chi connectivity index (χ0v) is 25.6. The summed E-state index contributed by atoms with van der Waals surface area (Å²) in [6.07, 6.45) is 9.95. The average molecular weight is 606 g/mol. The Bertz CT molecular complexity index is 1720. The summed E-state index contributed by atoms with van der Waals surface area (Å²) in [6, 6.07) is 14.8. The van der Waals surface area contributed by atoms with E-state index in [1.54, 1.807) is 38.1 Å². The lowest BCUT2D eigenvalue weighted by Gasteiger charge is -2.47. The lowest BCUT2D eigenvalue weighted by atomic mass is 9.71. The number of aromatic nitrogens is 2. The number of anilines is 2. The van der Waals surface area contributed by atoms with Gasteiger partial charge in [0, 0.05) is 55.5 Å². The van der Waals surface area contributed by atoms with Crippen LogP contribution >= 0.6 is 11.6 Å². The molecule has 0 atom stereocenters. The number of hydrogen-bond donors (Lipinski definition) is 1. The molecule has 10 heteroatoms. The maximum Gasteiger partial charge on any atom is 0.262 e. The SMILES string of the molecule is Cc1cc(S(=O)(=O)Nc2ccc3ccn(CC(=O)N4CCC5(CC4)CCN(c4ccncc4)CC5)c3c2)c(C)cc1Cl. The van der Waals surface area contributed by atoms with E-state index >= 15 is 0 Å². The lowest BCUT2D eigenvalue weighted by molar-refractivity contribution is -0.134. The number of benzene rings is 2. The van der Waals surface area contributed by atoms with Gasteiger partial charge in [-0.05, 0) is 104 Å². The molecule has 0 saturated carbocycles. The minimum absolute atomic E-state index is 0.0924. The van der Waals surface area contributed by atoms with Crippen molar-refractivity contribution in [3.8, 4) is 0 Å². The highest BCUT2D eigenvalue weighted by Gasteiger charge is 2.38. The van der Waals surface area contributed by atoms with Crippen molar-refractivity contribution in [3.63, 3.8) is 0 Å². The number of aryl methyl sites for hydroxylation is 2. The maximum absolute atomic E-state index is 13.4. The van der Waals surface area contributed by atoms with Crippen molar-refractivity contribution in [2.45, 2.75) is 51.0 Å². The Kier molecular flexibility index (Phi) is 7.66. The van der Waals surface area contributed by atoms with E-state index < -0.39 is 10.0 Å². The number of pyridine rings is 1. The average Bonchev–Trinajstić information content (AvgIpc) is 3.37. The molecule has 220 valence electrons. The maximum atomic E-state index is 13.4. The van der Waals surface area contributed by atoms with Crippen LogP contribution < -0.4 is 9.62 Å². The molecule has 6 rings (SSSR count). The van der Waals surface area contributed by atoms with E-state index in [2.05, 4.69) is 26.7 Å². The van der Waals surface area contributed by atoms with Crippen LogP contribution in [-0.4, -0.2) is 55.0 Å². The Hall–Kier alpha value is -3.56. The smallest absolute Gasteiger partial charge is 0.262 e. The van der Waals surface area contributed by atoms with Gasteiger partial charge in [-0.2, -0.15) is 0 Å². The Morgan fingerprint density at radius 3 is 2.33 bits per heavy atom. The highest BCUT2D eigenvalue weighted by Crippen LogP contribution is 2.42. The molecule has 4 heterocycles. The second kappa shape index (κ2) is 11.3. The predicted octanol–water partition coefficient (Wildman–Crippen LogP) is 6.02. The first-order valence-corrected chi connectivity index (χ1v) is 16.3. The highest BCUT2D eigenvalue weighted by molar-refractivity contribution is 7.92. The molecule has 4 aromatic rings. The Labute approximate surface area is 252 Å². The van der Waals surface area contributed by atoms with E-state index in [-0.39, 0.29) is 17.3 Å². The van der Waals surface area contributed by atoms with Crippen LogP contribution in [0.4, 0.5) is 11.4 Å². The van der Waals surface area contributed by atoms with Gasteiger partial charge in [-0.3, -0.25) is 14.5 Å². The van der Waals surface area contributed by atoms with Crippen LogP contribution in [0.5, 0.6) is 0 Å². The molecule has 0 unspecified atom stereocenters. The number of halogens is 1. The molecular weight excluding hydrogens is 570 g/mol. The summed E-state index contributed by atoms with van der Waals surface area (Å²) in [5.41, 5.74) is 4.08. The fraction of sp³-hybridized carbons (Fsp3) is 0.375. The number of carbonyl (C=O) groups is 1. The van der Waals surface area contributed by atoms with Crippen LogP contribution in [0.1, 0.15) is 36.8 Å². The summed E-state index contributed by atoms with van der Waals surface area (Å²) in [6.45, 7) is 7.36. The summed E-state index contributed by atoms with van der Waals surface area (Å²) in [7, 11) is -3.82. The molecule has 2 aromatic carbocycles. The minimum Gasteiger partial charge on any atom is -0.371 e. The lowest BCUT2D eigenvalue weighted by Crippen LogP contribution is -2.48. The number of piperidine rings is 2. The van der Waals surface area contributed by atoms with Gasteiger partial charge < -0.3 is 14.4 Å². The molecule has 0 radical (unpaired) electrons. The molecular formula is C32H36ClN5O3S. The van der Waals surface area contributed by atoms with E-state index in [4.69, 9.17) is 11.6 Å². The number of fused-ring (bicyclic) bond motifs is 1. The van der Waals surface area contributed by atoms with Crippen LogP contribution in [0.25, 0.3) is 10.9 Å². The fourth-order valence-corrected chi connectivity index (χ4v) is 7.99. The summed E-state index contributed by atoms with van der Waals surface area (Å²) < 4.78 is 31.1. The van der Waals surface area contributed by atoms with Crippen LogP contribution in [0, 0.1) is 19.3 Å². The molecule has 1 spiro atoms. The monoisotopic (exact) mass is 605 g/mol. The molecule has 8 nitrogen and oxygen atoms in total. The molecule has 2 aliphatic heterocycles. The van der Waals surface area contributed by atoms with E-state index in [1.165, 1.54) is 5.69 Å². The van der Waals surface area contributed by atoms with Crippen LogP contribution in [0.2, 0.25) is 5.02 Å². The summed E-state index contributed by atoms with van der Waals surface area (Å²) in [5, 5.41) is 1.48. The Morgan fingerprint density at radius 2 is 1.62 bits per heavy atom. The van der Waals surface area contributed by atoms with Crippen LogP contribution in [-0.2, 0) is 21.4 Å². The zero-order chi connectivity index (χ0) is 29.5. The van der Waals surface area contributed by atoms with Gasteiger partial charge >= 0.3 is 0 Å². The molecule has 1 N–H and O–H groups in total. The minimum atomic E-state index is -3.82. The number of hydrogen-bond acceptors (Lipinski definition) is 5. The van der Waals surface area contributed by atoms with E-state index in [0.29, 0.717) is 27.3 Å². The van der Waals surface area contributed by atoms with Gasteiger partial charge in [-0.1, -0.05) is 17.7 Å². The third-order valence-electron chi connectivity index (χ3n) is 9.11. The molecule has 2 aromatic heterocycles. The van der Waals surface area contributed by atoms with Gasteiger partial charge in [0.1, 0.15) is 6.54 Å². The number of sulfonamides is 1. The zero-order valence-electron chi connectivity index (χ0n) is 24.0. The molecule has 0 bridgehead atoms. The van der Waals surface area contributed by atoms with Crippen molar-refractivity contribution in [2.24, 2.45) is 5.41 Å². The molecule has 42 heavy (non-hydrogen) atoms. The topological polar surface area (TPSA) is 87.5 Å². The van der Waals surface area contributed by atoms with Crippen LogP contribution in [0.15, 0.2) is 72.0 Å². The molecule has 2 saturated heterocycles.